The molecule has 0 aliphatic carbocycles. The first-order valence-corrected chi connectivity index (χ1v) is 8.40. The second-order valence-electron chi connectivity index (χ2n) is 5.25. The SMILES string of the molecule is CN(C(=O)C(F)Sc1nnc(-c2ccccn2)n1C)c1ccccc1. The van der Waals surface area contributed by atoms with Crippen LogP contribution in [0.5, 0.6) is 0 Å². The molecule has 0 saturated heterocycles. The Labute approximate surface area is 148 Å². The van der Waals surface area contributed by atoms with E-state index in [1.165, 1.54) is 4.90 Å². The van der Waals surface area contributed by atoms with Crippen molar-refractivity contribution in [2.45, 2.75) is 10.7 Å². The van der Waals surface area contributed by atoms with Crippen LogP contribution in [-0.4, -0.2) is 38.2 Å². The number of nitrogens with zero attached hydrogens (tertiary/aromatic N) is 5. The second-order valence-corrected chi connectivity index (χ2v) is 6.26. The number of anilines is 1. The Balaban J connectivity index is 1.74. The Kier molecular flexibility index (Phi) is 5.08. The van der Waals surface area contributed by atoms with Crippen LogP contribution in [0.3, 0.4) is 0 Å². The first-order chi connectivity index (χ1) is 12.1. The molecule has 1 aromatic carbocycles. The molecule has 0 aliphatic heterocycles. The third-order valence-corrected chi connectivity index (χ3v) is 4.58. The minimum absolute atomic E-state index is 0.308. The Hall–Kier alpha value is -2.74. The number of benzene rings is 1. The molecule has 0 spiro atoms. The fraction of sp³-hybridized carbons (Fsp3) is 0.176. The molecule has 0 fully saturated rings. The van der Waals surface area contributed by atoms with E-state index in [0.717, 1.165) is 11.8 Å². The van der Waals surface area contributed by atoms with Crippen LogP contribution in [0.4, 0.5) is 10.1 Å². The fourth-order valence-electron chi connectivity index (χ4n) is 2.21. The van der Waals surface area contributed by atoms with Gasteiger partial charge < -0.3 is 9.47 Å². The van der Waals surface area contributed by atoms with Gasteiger partial charge in [-0.2, -0.15) is 0 Å². The maximum Gasteiger partial charge on any atom is 0.272 e. The number of carbonyl (C=O) groups is 1. The number of pyridine rings is 1. The molecule has 2 aromatic heterocycles. The molecule has 1 atom stereocenters. The van der Waals surface area contributed by atoms with Crippen molar-refractivity contribution in [2.24, 2.45) is 7.05 Å². The Morgan fingerprint density at radius 3 is 2.56 bits per heavy atom. The third kappa shape index (κ3) is 3.69. The van der Waals surface area contributed by atoms with Gasteiger partial charge in [0.15, 0.2) is 11.0 Å². The molecule has 0 saturated carbocycles. The van der Waals surface area contributed by atoms with Crippen molar-refractivity contribution in [3.05, 3.63) is 54.7 Å². The molecule has 0 bridgehead atoms. The lowest BCUT2D eigenvalue weighted by Crippen LogP contribution is -2.32. The minimum atomic E-state index is -1.79. The smallest absolute Gasteiger partial charge is 0.272 e. The van der Waals surface area contributed by atoms with Crippen LogP contribution in [0.2, 0.25) is 0 Å². The zero-order valence-corrected chi connectivity index (χ0v) is 14.5. The van der Waals surface area contributed by atoms with Gasteiger partial charge in [-0.1, -0.05) is 24.3 Å². The Bertz CT molecular complexity index is 856. The number of amides is 1. The predicted molar refractivity (Wildman–Crippen MR) is 94.8 cm³/mol. The molecule has 6 nitrogen and oxygen atoms in total. The number of halogens is 1. The summed E-state index contributed by atoms with van der Waals surface area (Å²) in [6.45, 7) is 0. The summed E-state index contributed by atoms with van der Waals surface area (Å²) in [5.41, 5.74) is -0.528. The van der Waals surface area contributed by atoms with E-state index in [0.29, 0.717) is 22.4 Å². The van der Waals surface area contributed by atoms with Gasteiger partial charge in [-0.3, -0.25) is 9.78 Å². The fourth-order valence-corrected chi connectivity index (χ4v) is 2.99. The number of aromatic nitrogens is 4. The van der Waals surface area contributed by atoms with E-state index < -0.39 is 11.4 Å². The number of carbonyl (C=O) groups excluding carboxylic acids is 1. The number of thioether (sulfide) groups is 1. The molecule has 3 rings (SSSR count). The van der Waals surface area contributed by atoms with Crippen LogP contribution in [0.25, 0.3) is 11.5 Å². The van der Waals surface area contributed by atoms with E-state index in [-0.39, 0.29) is 0 Å². The topological polar surface area (TPSA) is 63.9 Å². The second kappa shape index (κ2) is 7.43. The summed E-state index contributed by atoms with van der Waals surface area (Å²) in [5, 5.41) is 8.32. The van der Waals surface area contributed by atoms with Crippen molar-refractivity contribution < 1.29 is 9.18 Å². The van der Waals surface area contributed by atoms with Crippen molar-refractivity contribution >= 4 is 23.4 Å². The zero-order chi connectivity index (χ0) is 17.8. The maximum atomic E-state index is 14.5. The Morgan fingerprint density at radius 2 is 1.88 bits per heavy atom. The molecule has 1 amide bonds. The van der Waals surface area contributed by atoms with Gasteiger partial charge in [0.05, 0.1) is 0 Å². The summed E-state index contributed by atoms with van der Waals surface area (Å²) in [7, 11) is 3.26. The maximum absolute atomic E-state index is 14.5. The Morgan fingerprint density at radius 1 is 1.16 bits per heavy atom. The highest BCUT2D eigenvalue weighted by atomic mass is 32.2. The van der Waals surface area contributed by atoms with Crippen molar-refractivity contribution in [1.82, 2.24) is 19.7 Å². The van der Waals surface area contributed by atoms with Crippen LogP contribution < -0.4 is 4.90 Å². The third-order valence-electron chi connectivity index (χ3n) is 3.61. The number of para-hydroxylation sites is 1. The quantitative estimate of drug-likeness (QED) is 0.657. The van der Waals surface area contributed by atoms with Gasteiger partial charge >= 0.3 is 0 Å². The summed E-state index contributed by atoms with van der Waals surface area (Å²) >= 11 is 0.720. The highest BCUT2D eigenvalue weighted by Crippen LogP contribution is 2.27. The zero-order valence-electron chi connectivity index (χ0n) is 13.7. The first-order valence-electron chi connectivity index (χ1n) is 7.52. The first kappa shape index (κ1) is 17.1. The van der Waals surface area contributed by atoms with E-state index in [2.05, 4.69) is 15.2 Å². The normalized spacial score (nSPS) is 12.0. The summed E-state index contributed by atoms with van der Waals surface area (Å²) in [5.74, 6) is -0.141. The van der Waals surface area contributed by atoms with E-state index in [4.69, 9.17) is 0 Å². The number of alkyl halides is 1. The van der Waals surface area contributed by atoms with E-state index in [9.17, 15) is 9.18 Å². The van der Waals surface area contributed by atoms with Crippen molar-refractivity contribution in [3.8, 4) is 11.5 Å². The van der Waals surface area contributed by atoms with Crippen molar-refractivity contribution in [3.63, 3.8) is 0 Å². The van der Waals surface area contributed by atoms with Gasteiger partial charge in [0.2, 0.25) is 5.50 Å². The summed E-state index contributed by atoms with van der Waals surface area (Å²) < 4.78 is 16.1. The van der Waals surface area contributed by atoms with Crippen LogP contribution >= 0.6 is 11.8 Å². The lowest BCUT2D eigenvalue weighted by Gasteiger charge is -2.18. The molecular weight excluding hydrogens is 341 g/mol. The van der Waals surface area contributed by atoms with Gasteiger partial charge in [-0.15, -0.1) is 10.2 Å². The molecule has 25 heavy (non-hydrogen) atoms. The molecule has 0 aliphatic rings. The van der Waals surface area contributed by atoms with Gasteiger partial charge in [0, 0.05) is 26.0 Å². The highest BCUT2D eigenvalue weighted by molar-refractivity contribution is 8.00. The molecule has 1 unspecified atom stereocenters. The van der Waals surface area contributed by atoms with Crippen LogP contribution in [-0.2, 0) is 11.8 Å². The molecular formula is C17H16FN5OS. The summed E-state index contributed by atoms with van der Waals surface area (Å²) in [6.07, 6.45) is 1.65. The van der Waals surface area contributed by atoms with E-state index in [1.807, 2.05) is 12.1 Å². The average Bonchev–Trinajstić information content (AvgIpc) is 3.02. The number of hydrogen-bond donors (Lipinski definition) is 0. The molecule has 128 valence electrons. The van der Waals surface area contributed by atoms with Crippen molar-refractivity contribution in [1.29, 1.82) is 0 Å². The van der Waals surface area contributed by atoms with Gasteiger partial charge in [-0.25, -0.2) is 4.39 Å². The minimum Gasteiger partial charge on any atom is -0.312 e. The van der Waals surface area contributed by atoms with E-state index >= 15 is 0 Å². The number of hydrogen-bond acceptors (Lipinski definition) is 5. The largest absolute Gasteiger partial charge is 0.312 e. The highest BCUT2D eigenvalue weighted by Gasteiger charge is 2.26. The molecule has 0 N–H and O–H groups in total. The van der Waals surface area contributed by atoms with Crippen LogP contribution in [0, 0.1) is 0 Å². The lowest BCUT2D eigenvalue weighted by atomic mass is 10.3. The van der Waals surface area contributed by atoms with Gasteiger partial charge in [0.25, 0.3) is 5.91 Å². The van der Waals surface area contributed by atoms with Crippen LogP contribution in [0.15, 0.2) is 59.9 Å². The standard InChI is InChI=1S/C17H16FN5OS/c1-22(12-8-4-3-5-9-12)16(24)14(18)25-17-21-20-15(23(17)2)13-10-6-7-11-19-13/h3-11,14H,1-2H3. The molecule has 3 aromatic rings. The lowest BCUT2D eigenvalue weighted by molar-refractivity contribution is -0.120. The average molecular weight is 357 g/mol. The molecule has 2 heterocycles. The monoisotopic (exact) mass is 357 g/mol. The summed E-state index contributed by atoms with van der Waals surface area (Å²) in [4.78, 5) is 17.8. The van der Waals surface area contributed by atoms with Crippen LogP contribution in [0.1, 0.15) is 0 Å². The molecule has 8 heteroatoms. The summed E-state index contributed by atoms with van der Waals surface area (Å²) in [6, 6.07) is 14.3. The number of rotatable bonds is 5. The van der Waals surface area contributed by atoms with Gasteiger partial charge in [0.1, 0.15) is 5.69 Å². The van der Waals surface area contributed by atoms with E-state index in [1.54, 1.807) is 61.3 Å². The van der Waals surface area contributed by atoms with Crippen molar-refractivity contribution in [2.75, 3.05) is 11.9 Å². The molecule has 0 radical (unpaired) electrons. The van der Waals surface area contributed by atoms with Gasteiger partial charge in [-0.05, 0) is 36.0 Å². The predicted octanol–water partition coefficient (Wildman–Crippen LogP) is 2.93.